The summed E-state index contributed by atoms with van der Waals surface area (Å²) in [6, 6.07) is 0. The zero-order chi connectivity index (χ0) is 19.2. The van der Waals surface area contributed by atoms with Gasteiger partial charge in [0.25, 0.3) is 0 Å². The van der Waals surface area contributed by atoms with Crippen LogP contribution in [0, 0.1) is 6.92 Å². The number of amides is 1. The molecule has 0 bridgehead atoms. The molecule has 7 nitrogen and oxygen atoms in total. The van der Waals surface area contributed by atoms with Crippen LogP contribution in [0.25, 0.3) is 0 Å². The Morgan fingerprint density at radius 3 is 2.32 bits per heavy atom. The van der Waals surface area contributed by atoms with Crippen molar-refractivity contribution in [2.45, 2.75) is 25.9 Å². The van der Waals surface area contributed by atoms with E-state index in [2.05, 4.69) is 14.9 Å². The number of halogens is 3. The number of fused-ring (bicyclic) bond motifs is 1. The molecule has 1 aliphatic heterocycles. The fourth-order valence-electron chi connectivity index (χ4n) is 2.23. The number of carboxylic acids is 1. The Hall–Kier alpha value is -2.23. The largest absolute Gasteiger partial charge is 0.490 e. The summed E-state index contributed by atoms with van der Waals surface area (Å²) in [5, 5.41) is 7.12. The van der Waals surface area contributed by atoms with Gasteiger partial charge in [0.2, 0.25) is 5.91 Å². The monoisotopic (exact) mass is 362 g/mol. The lowest BCUT2D eigenvalue weighted by Gasteiger charge is -2.21. The summed E-state index contributed by atoms with van der Waals surface area (Å²) < 4.78 is 31.7. The van der Waals surface area contributed by atoms with Gasteiger partial charge in [-0.2, -0.15) is 13.2 Å². The van der Waals surface area contributed by atoms with Gasteiger partial charge < -0.3 is 10.0 Å². The number of carbonyl (C=O) groups excluding carboxylic acids is 1. The van der Waals surface area contributed by atoms with Gasteiger partial charge in [-0.25, -0.2) is 14.8 Å². The molecule has 1 N–H and O–H groups in total. The molecule has 0 aromatic carbocycles. The molecule has 25 heavy (non-hydrogen) atoms. The van der Waals surface area contributed by atoms with Crippen LogP contribution in [0.3, 0.4) is 0 Å². The molecule has 0 aliphatic carbocycles. The Kier molecular flexibility index (Phi) is 7.28. The minimum atomic E-state index is -5.08. The molecule has 1 amide bonds. The lowest BCUT2D eigenvalue weighted by molar-refractivity contribution is -0.192. The highest BCUT2D eigenvalue weighted by Gasteiger charge is 2.38. The number of hydrogen-bond acceptors (Lipinski definition) is 5. The van der Waals surface area contributed by atoms with Crippen LogP contribution in [0.1, 0.15) is 17.0 Å². The number of alkyl halides is 3. The van der Waals surface area contributed by atoms with E-state index < -0.39 is 12.1 Å². The van der Waals surface area contributed by atoms with Crippen molar-refractivity contribution in [3.05, 3.63) is 23.3 Å². The molecule has 0 atom stereocenters. The molecule has 10 heteroatoms. The molecule has 1 aliphatic rings. The minimum absolute atomic E-state index is 0.156. The van der Waals surface area contributed by atoms with Gasteiger partial charge in [0.05, 0.1) is 6.54 Å². The summed E-state index contributed by atoms with van der Waals surface area (Å²) in [4.78, 5) is 33.1. The first-order valence-electron chi connectivity index (χ1n) is 7.54. The predicted molar refractivity (Wildman–Crippen MR) is 83.0 cm³/mol. The molecule has 0 saturated heterocycles. The molecule has 0 saturated carbocycles. The standard InChI is InChI=1S/C13H20N4O.C2HF3O2/c1-10-11-4-6-17(8-13(18)16(2)3)7-5-12(11)15-9-14-10;3-2(4,5)1(6)7/h9H,4-8H2,1-3H3;(H,6,7). The van der Waals surface area contributed by atoms with Crippen molar-refractivity contribution in [2.75, 3.05) is 33.7 Å². The van der Waals surface area contributed by atoms with Crippen molar-refractivity contribution in [3.8, 4) is 0 Å². The van der Waals surface area contributed by atoms with Crippen LogP contribution < -0.4 is 0 Å². The van der Waals surface area contributed by atoms with E-state index in [4.69, 9.17) is 9.90 Å². The van der Waals surface area contributed by atoms with Crippen LogP contribution in [-0.4, -0.2) is 76.7 Å². The van der Waals surface area contributed by atoms with Crippen LogP contribution in [0.15, 0.2) is 6.33 Å². The maximum Gasteiger partial charge on any atom is 0.490 e. The maximum atomic E-state index is 11.7. The summed E-state index contributed by atoms with van der Waals surface area (Å²) in [6.45, 7) is 4.32. The van der Waals surface area contributed by atoms with Crippen molar-refractivity contribution in [1.82, 2.24) is 19.8 Å². The summed E-state index contributed by atoms with van der Waals surface area (Å²) in [5.74, 6) is -2.60. The van der Waals surface area contributed by atoms with Gasteiger partial charge >= 0.3 is 12.1 Å². The van der Waals surface area contributed by atoms with Crippen molar-refractivity contribution < 1.29 is 27.9 Å². The average Bonchev–Trinajstić information content (AvgIpc) is 2.70. The topological polar surface area (TPSA) is 86.6 Å². The Balaban J connectivity index is 0.000000381. The quantitative estimate of drug-likeness (QED) is 0.842. The highest BCUT2D eigenvalue weighted by molar-refractivity contribution is 5.77. The second-order valence-corrected chi connectivity index (χ2v) is 5.75. The molecule has 2 rings (SSSR count). The first-order chi connectivity index (χ1) is 11.5. The molecular weight excluding hydrogens is 341 g/mol. The van der Waals surface area contributed by atoms with E-state index in [-0.39, 0.29) is 5.91 Å². The van der Waals surface area contributed by atoms with E-state index in [1.54, 1.807) is 25.3 Å². The van der Waals surface area contributed by atoms with E-state index in [1.807, 2.05) is 6.92 Å². The number of carboxylic acid groups (broad SMARTS) is 1. The smallest absolute Gasteiger partial charge is 0.475 e. The predicted octanol–water partition coefficient (Wildman–Crippen LogP) is 0.907. The van der Waals surface area contributed by atoms with Crippen molar-refractivity contribution >= 4 is 11.9 Å². The average molecular weight is 362 g/mol. The number of aryl methyl sites for hydroxylation is 1. The third-order valence-corrected chi connectivity index (χ3v) is 3.69. The van der Waals surface area contributed by atoms with Crippen LogP contribution in [0.2, 0.25) is 0 Å². The number of likely N-dealkylation sites (N-methyl/N-ethyl adjacent to an activating group) is 1. The van der Waals surface area contributed by atoms with E-state index in [1.165, 1.54) is 5.56 Å². The molecular formula is C15H21F3N4O3. The molecule has 140 valence electrons. The minimum Gasteiger partial charge on any atom is -0.475 e. The first-order valence-corrected chi connectivity index (χ1v) is 7.54. The van der Waals surface area contributed by atoms with Gasteiger partial charge in [-0.3, -0.25) is 9.69 Å². The molecule has 1 aromatic rings. The third kappa shape index (κ3) is 6.65. The second-order valence-electron chi connectivity index (χ2n) is 5.75. The molecule has 1 aromatic heterocycles. The molecule has 0 fully saturated rings. The summed E-state index contributed by atoms with van der Waals surface area (Å²) in [6.07, 6.45) is -1.61. The van der Waals surface area contributed by atoms with Crippen molar-refractivity contribution in [3.63, 3.8) is 0 Å². The molecule has 0 radical (unpaired) electrons. The maximum absolute atomic E-state index is 11.7. The van der Waals surface area contributed by atoms with Gasteiger partial charge in [0.15, 0.2) is 0 Å². The molecule has 0 spiro atoms. The Morgan fingerprint density at radius 2 is 1.80 bits per heavy atom. The van der Waals surface area contributed by atoms with Gasteiger partial charge in [0.1, 0.15) is 6.33 Å². The lowest BCUT2D eigenvalue weighted by atomic mass is 10.1. The number of nitrogens with zero attached hydrogens (tertiary/aromatic N) is 4. The highest BCUT2D eigenvalue weighted by Crippen LogP contribution is 2.15. The van der Waals surface area contributed by atoms with Crippen LogP contribution in [-0.2, 0) is 22.4 Å². The van der Waals surface area contributed by atoms with Crippen LogP contribution in [0.4, 0.5) is 13.2 Å². The van der Waals surface area contributed by atoms with E-state index in [0.717, 1.165) is 37.3 Å². The number of rotatable bonds is 2. The fraction of sp³-hybridized carbons (Fsp3) is 0.600. The van der Waals surface area contributed by atoms with E-state index >= 15 is 0 Å². The van der Waals surface area contributed by atoms with Gasteiger partial charge in [-0.05, 0) is 18.9 Å². The SMILES string of the molecule is Cc1ncnc2c1CCN(CC(=O)N(C)C)CC2.O=C(O)C(F)(F)F. The molecule has 0 unspecified atom stereocenters. The third-order valence-electron chi connectivity index (χ3n) is 3.69. The van der Waals surface area contributed by atoms with Gasteiger partial charge in [-0.15, -0.1) is 0 Å². The number of aliphatic carboxylic acids is 1. The van der Waals surface area contributed by atoms with Crippen LogP contribution >= 0.6 is 0 Å². The number of carbonyl (C=O) groups is 2. The van der Waals surface area contributed by atoms with E-state index in [9.17, 15) is 18.0 Å². The summed E-state index contributed by atoms with van der Waals surface area (Å²) >= 11 is 0. The van der Waals surface area contributed by atoms with Gasteiger partial charge in [-0.1, -0.05) is 0 Å². The van der Waals surface area contributed by atoms with Gasteiger partial charge in [0, 0.05) is 45.0 Å². The number of aromatic nitrogens is 2. The normalized spacial score (nSPS) is 14.6. The summed E-state index contributed by atoms with van der Waals surface area (Å²) in [7, 11) is 3.59. The van der Waals surface area contributed by atoms with Crippen molar-refractivity contribution in [2.24, 2.45) is 0 Å². The van der Waals surface area contributed by atoms with E-state index in [0.29, 0.717) is 6.54 Å². The second kappa shape index (κ2) is 8.75. The summed E-state index contributed by atoms with van der Waals surface area (Å²) in [5.41, 5.74) is 3.47. The Labute approximate surface area is 143 Å². The van der Waals surface area contributed by atoms with Crippen molar-refractivity contribution in [1.29, 1.82) is 0 Å². The fourth-order valence-corrected chi connectivity index (χ4v) is 2.23. The zero-order valence-electron chi connectivity index (χ0n) is 14.3. The highest BCUT2D eigenvalue weighted by atomic mass is 19.4. The van der Waals surface area contributed by atoms with Crippen LogP contribution in [0.5, 0.6) is 0 Å². The number of hydrogen-bond donors (Lipinski definition) is 1. The zero-order valence-corrected chi connectivity index (χ0v) is 14.3. The first kappa shape index (κ1) is 20.8. The Morgan fingerprint density at radius 1 is 1.24 bits per heavy atom. The molecule has 2 heterocycles. The lowest BCUT2D eigenvalue weighted by Crippen LogP contribution is -2.37. The Bertz CT molecular complexity index is 621.